The number of amides is 1. The van der Waals surface area contributed by atoms with E-state index in [0.29, 0.717) is 13.0 Å². The summed E-state index contributed by atoms with van der Waals surface area (Å²) in [6.45, 7) is 1.56. The number of nitrogens with zero attached hydrogens (tertiary/aromatic N) is 1. The number of nitrogens with two attached hydrogens (primary N) is 1. The molecule has 76 valence electrons. The Kier molecular flexibility index (Phi) is 4.22. The van der Waals surface area contributed by atoms with Crippen LogP contribution in [0.4, 0.5) is 0 Å². The van der Waals surface area contributed by atoms with Crippen LogP contribution in [0.1, 0.15) is 32.1 Å². The van der Waals surface area contributed by atoms with Crippen molar-refractivity contribution in [3.63, 3.8) is 0 Å². The maximum atomic E-state index is 11.4. The largest absolute Gasteiger partial charge is 0.345 e. The van der Waals surface area contributed by atoms with Crippen molar-refractivity contribution in [3.05, 3.63) is 0 Å². The van der Waals surface area contributed by atoms with E-state index in [1.54, 1.807) is 0 Å². The molecule has 3 heteroatoms. The lowest BCUT2D eigenvalue weighted by Gasteiger charge is -2.30. The van der Waals surface area contributed by atoms with E-state index in [-0.39, 0.29) is 5.91 Å². The van der Waals surface area contributed by atoms with Crippen LogP contribution in [0.2, 0.25) is 0 Å². The Morgan fingerprint density at radius 3 is 2.69 bits per heavy atom. The molecule has 0 aromatic heterocycles. The maximum Gasteiger partial charge on any atom is 0.222 e. The molecule has 0 aromatic rings. The minimum atomic E-state index is 0.248. The Morgan fingerprint density at radius 1 is 1.54 bits per heavy atom. The molecule has 1 aliphatic carbocycles. The molecule has 1 amide bonds. The lowest BCUT2D eigenvalue weighted by molar-refractivity contribution is -0.130. The van der Waals surface area contributed by atoms with Gasteiger partial charge in [0, 0.05) is 20.0 Å². The van der Waals surface area contributed by atoms with Gasteiger partial charge in [-0.25, -0.2) is 0 Å². The third-order valence-electron chi connectivity index (χ3n) is 2.78. The summed E-state index contributed by atoms with van der Waals surface area (Å²) in [4.78, 5) is 13.3. The third kappa shape index (κ3) is 3.35. The Morgan fingerprint density at radius 2 is 2.23 bits per heavy atom. The standard InChI is InChI=1S/C10H20N2O/c1-12(8-9-4-2-5-9)10(13)6-3-7-11/h9H,2-8,11H2,1H3. The number of hydrogen-bond donors (Lipinski definition) is 1. The van der Waals surface area contributed by atoms with Gasteiger partial charge in [0.05, 0.1) is 0 Å². The summed E-state index contributed by atoms with van der Waals surface area (Å²) < 4.78 is 0. The minimum Gasteiger partial charge on any atom is -0.345 e. The molecule has 0 spiro atoms. The molecule has 0 atom stereocenters. The first-order chi connectivity index (χ1) is 6.24. The molecule has 1 rings (SSSR count). The van der Waals surface area contributed by atoms with E-state index in [9.17, 15) is 4.79 Å². The molecule has 3 nitrogen and oxygen atoms in total. The fraction of sp³-hybridized carbons (Fsp3) is 0.900. The topological polar surface area (TPSA) is 46.3 Å². The highest BCUT2D eigenvalue weighted by atomic mass is 16.2. The minimum absolute atomic E-state index is 0.248. The fourth-order valence-corrected chi connectivity index (χ4v) is 1.61. The Hall–Kier alpha value is -0.570. The van der Waals surface area contributed by atoms with Crippen LogP contribution in [0.5, 0.6) is 0 Å². The normalized spacial score (nSPS) is 16.8. The van der Waals surface area contributed by atoms with Crippen molar-refractivity contribution in [2.75, 3.05) is 20.1 Å². The molecule has 2 N–H and O–H groups in total. The van der Waals surface area contributed by atoms with Gasteiger partial charge in [0.15, 0.2) is 0 Å². The number of carbonyl (C=O) groups is 1. The monoisotopic (exact) mass is 184 g/mol. The number of hydrogen-bond acceptors (Lipinski definition) is 2. The fourth-order valence-electron chi connectivity index (χ4n) is 1.61. The summed E-state index contributed by atoms with van der Waals surface area (Å²) in [5, 5.41) is 0. The van der Waals surface area contributed by atoms with E-state index in [4.69, 9.17) is 5.73 Å². The van der Waals surface area contributed by atoms with Crippen LogP contribution in [-0.2, 0) is 4.79 Å². The highest BCUT2D eigenvalue weighted by molar-refractivity contribution is 5.75. The average molecular weight is 184 g/mol. The SMILES string of the molecule is CN(CC1CCC1)C(=O)CCCN. The summed E-state index contributed by atoms with van der Waals surface area (Å²) in [5.41, 5.74) is 5.34. The molecule has 1 aliphatic rings. The van der Waals surface area contributed by atoms with Gasteiger partial charge >= 0.3 is 0 Å². The van der Waals surface area contributed by atoms with E-state index in [1.165, 1.54) is 19.3 Å². The predicted octanol–water partition coefficient (Wildman–Crippen LogP) is 0.984. The summed E-state index contributed by atoms with van der Waals surface area (Å²) in [7, 11) is 1.90. The first kappa shape index (κ1) is 10.5. The lowest BCUT2D eigenvalue weighted by Crippen LogP contribution is -2.34. The molecule has 13 heavy (non-hydrogen) atoms. The van der Waals surface area contributed by atoms with Crippen molar-refractivity contribution in [2.24, 2.45) is 11.7 Å². The third-order valence-corrected chi connectivity index (χ3v) is 2.78. The second-order valence-corrected chi connectivity index (χ2v) is 3.96. The summed E-state index contributed by atoms with van der Waals surface area (Å²) in [6.07, 6.45) is 5.37. The van der Waals surface area contributed by atoms with Gasteiger partial charge in [-0.05, 0) is 31.7 Å². The molecule has 1 saturated carbocycles. The predicted molar refractivity (Wildman–Crippen MR) is 53.3 cm³/mol. The smallest absolute Gasteiger partial charge is 0.222 e. The van der Waals surface area contributed by atoms with Crippen molar-refractivity contribution in [3.8, 4) is 0 Å². The molecular weight excluding hydrogens is 164 g/mol. The lowest BCUT2D eigenvalue weighted by atomic mass is 9.85. The van der Waals surface area contributed by atoms with Crippen LogP contribution >= 0.6 is 0 Å². The zero-order valence-corrected chi connectivity index (χ0v) is 8.46. The molecular formula is C10H20N2O. The van der Waals surface area contributed by atoms with Crippen molar-refractivity contribution < 1.29 is 4.79 Å². The van der Waals surface area contributed by atoms with Crippen molar-refractivity contribution in [1.29, 1.82) is 0 Å². The van der Waals surface area contributed by atoms with E-state index in [1.807, 2.05) is 11.9 Å². The zero-order valence-electron chi connectivity index (χ0n) is 8.46. The number of rotatable bonds is 5. The van der Waals surface area contributed by atoms with Gasteiger partial charge in [-0.15, -0.1) is 0 Å². The van der Waals surface area contributed by atoms with E-state index >= 15 is 0 Å². The van der Waals surface area contributed by atoms with Crippen LogP contribution < -0.4 is 5.73 Å². The van der Waals surface area contributed by atoms with Crippen LogP contribution in [0, 0.1) is 5.92 Å². The van der Waals surface area contributed by atoms with Gasteiger partial charge in [0.2, 0.25) is 5.91 Å². The van der Waals surface area contributed by atoms with E-state index in [0.717, 1.165) is 18.9 Å². The Balaban J connectivity index is 2.13. The van der Waals surface area contributed by atoms with Crippen LogP contribution in [-0.4, -0.2) is 30.9 Å². The first-order valence-electron chi connectivity index (χ1n) is 5.18. The van der Waals surface area contributed by atoms with Crippen LogP contribution in [0.15, 0.2) is 0 Å². The molecule has 1 fully saturated rings. The second-order valence-electron chi connectivity index (χ2n) is 3.96. The van der Waals surface area contributed by atoms with Gasteiger partial charge in [-0.1, -0.05) is 6.42 Å². The van der Waals surface area contributed by atoms with Crippen LogP contribution in [0.25, 0.3) is 0 Å². The Labute approximate surface area is 80.3 Å². The zero-order chi connectivity index (χ0) is 9.68. The quantitative estimate of drug-likeness (QED) is 0.692. The molecule has 0 heterocycles. The highest BCUT2D eigenvalue weighted by Gasteiger charge is 2.20. The van der Waals surface area contributed by atoms with E-state index < -0.39 is 0 Å². The van der Waals surface area contributed by atoms with Crippen molar-refractivity contribution in [2.45, 2.75) is 32.1 Å². The molecule has 0 bridgehead atoms. The molecule has 0 aliphatic heterocycles. The molecule has 0 aromatic carbocycles. The van der Waals surface area contributed by atoms with Gasteiger partial charge in [0.25, 0.3) is 0 Å². The Bertz CT molecular complexity index is 166. The summed E-state index contributed by atoms with van der Waals surface area (Å²) >= 11 is 0. The van der Waals surface area contributed by atoms with Gasteiger partial charge in [0.1, 0.15) is 0 Å². The second kappa shape index (κ2) is 5.22. The average Bonchev–Trinajstić information content (AvgIpc) is 2.06. The molecule has 0 saturated heterocycles. The summed E-state index contributed by atoms with van der Waals surface area (Å²) in [6, 6.07) is 0. The number of carbonyl (C=O) groups excluding carboxylic acids is 1. The van der Waals surface area contributed by atoms with Crippen molar-refractivity contribution >= 4 is 5.91 Å². The molecule has 0 unspecified atom stereocenters. The molecule has 0 radical (unpaired) electrons. The van der Waals surface area contributed by atoms with E-state index in [2.05, 4.69) is 0 Å². The first-order valence-corrected chi connectivity index (χ1v) is 5.18. The van der Waals surface area contributed by atoms with Crippen molar-refractivity contribution in [1.82, 2.24) is 4.90 Å². The maximum absolute atomic E-state index is 11.4. The van der Waals surface area contributed by atoms with Gasteiger partial charge in [-0.2, -0.15) is 0 Å². The van der Waals surface area contributed by atoms with Crippen LogP contribution in [0.3, 0.4) is 0 Å². The van der Waals surface area contributed by atoms with Gasteiger partial charge < -0.3 is 10.6 Å². The highest BCUT2D eigenvalue weighted by Crippen LogP contribution is 2.26. The summed E-state index contributed by atoms with van der Waals surface area (Å²) in [5.74, 6) is 1.02. The van der Waals surface area contributed by atoms with Gasteiger partial charge in [-0.3, -0.25) is 4.79 Å².